The third kappa shape index (κ3) is 3.68. The van der Waals surface area contributed by atoms with Crippen LogP contribution in [0.25, 0.3) is 10.9 Å². The second-order valence-corrected chi connectivity index (χ2v) is 10.3. The van der Waals surface area contributed by atoms with Crippen molar-refractivity contribution in [1.29, 1.82) is 0 Å². The van der Waals surface area contributed by atoms with Gasteiger partial charge in [0.2, 0.25) is 14.8 Å². The lowest BCUT2D eigenvalue weighted by Crippen LogP contribution is -2.58. The number of aromatic amines is 1. The van der Waals surface area contributed by atoms with E-state index < -0.39 is 20.7 Å². The maximum Gasteiger partial charge on any atom is 0.266 e. The van der Waals surface area contributed by atoms with Crippen LogP contribution in [-0.2, 0) is 14.6 Å². The van der Waals surface area contributed by atoms with Crippen molar-refractivity contribution in [3.05, 3.63) is 57.8 Å². The summed E-state index contributed by atoms with van der Waals surface area (Å²) in [5, 5.41) is 3.47. The number of sulfone groups is 1. The molecule has 4 rings (SSSR count). The molecule has 4 N–H and O–H groups in total. The topological polar surface area (TPSA) is 124 Å². The fourth-order valence-electron chi connectivity index (χ4n) is 3.47. The van der Waals surface area contributed by atoms with Crippen molar-refractivity contribution in [2.75, 3.05) is 26.3 Å². The number of hydrogen-bond acceptors (Lipinski definition) is 6. The first kappa shape index (κ1) is 21.1. The predicted molar refractivity (Wildman–Crippen MR) is 120 cm³/mol. The molecule has 1 atom stereocenters. The van der Waals surface area contributed by atoms with Gasteiger partial charge in [0.25, 0.3) is 5.91 Å². The molecule has 2 heterocycles. The maximum atomic E-state index is 14.0. The highest BCUT2D eigenvalue weighted by molar-refractivity contribution is 14.1. The molecule has 3 aromatic rings. The Hall–Kier alpha value is -2.15. The van der Waals surface area contributed by atoms with Gasteiger partial charge in [-0.05, 0) is 52.9 Å². The highest BCUT2D eigenvalue weighted by atomic mass is 127. The van der Waals surface area contributed by atoms with Crippen LogP contribution in [0.5, 0.6) is 5.75 Å². The summed E-state index contributed by atoms with van der Waals surface area (Å²) in [5.41, 5.74) is 5.87. The number of aromatic nitrogens is 1. The summed E-state index contributed by atoms with van der Waals surface area (Å²) in [6.07, 6.45) is 0. The van der Waals surface area contributed by atoms with Crippen molar-refractivity contribution in [2.45, 2.75) is 9.83 Å². The van der Waals surface area contributed by atoms with Crippen LogP contribution in [0.2, 0.25) is 0 Å². The smallest absolute Gasteiger partial charge is 0.266 e. The van der Waals surface area contributed by atoms with Crippen molar-refractivity contribution in [2.24, 2.45) is 5.73 Å². The second kappa shape index (κ2) is 8.17. The standard InChI is InChI=1S/C20H20IN3O5S/c21-13-6-7-16-15(10-13)18(17(24-16)19(22)25)30(26,27)20(11-23-8-9-29-20)12-28-14-4-2-1-3-5-14/h1-7,10,23-24H,8-9,11-12H2,(H2,22,25). The molecule has 10 heteroatoms. The van der Waals surface area contributed by atoms with E-state index in [1.165, 1.54) is 0 Å². The number of carbonyl (C=O) groups is 1. The van der Waals surface area contributed by atoms with Gasteiger partial charge in [0, 0.05) is 27.6 Å². The molecule has 0 spiro atoms. The first-order valence-electron chi connectivity index (χ1n) is 9.22. The zero-order valence-corrected chi connectivity index (χ0v) is 18.8. The van der Waals surface area contributed by atoms with E-state index in [0.29, 0.717) is 23.2 Å². The van der Waals surface area contributed by atoms with E-state index in [9.17, 15) is 13.2 Å². The summed E-state index contributed by atoms with van der Waals surface area (Å²) < 4.78 is 40.4. The van der Waals surface area contributed by atoms with Crippen molar-refractivity contribution in [1.82, 2.24) is 10.3 Å². The number of H-pyrrole nitrogens is 1. The summed E-state index contributed by atoms with van der Waals surface area (Å²) in [7, 11) is -4.21. The zero-order valence-electron chi connectivity index (χ0n) is 15.9. The SMILES string of the molecule is NC(=O)c1[nH]c2ccc(I)cc2c1S(=O)(=O)C1(COc2ccccc2)CNCCO1. The van der Waals surface area contributed by atoms with Crippen LogP contribution in [0.1, 0.15) is 10.5 Å². The number of benzene rings is 2. The molecule has 1 unspecified atom stereocenters. The normalized spacial score (nSPS) is 19.6. The number of carbonyl (C=O) groups excluding carboxylic acids is 1. The minimum atomic E-state index is -4.21. The number of nitrogens with one attached hydrogen (secondary N) is 2. The van der Waals surface area contributed by atoms with E-state index in [1.807, 2.05) is 12.1 Å². The molecule has 2 aromatic carbocycles. The highest BCUT2D eigenvalue weighted by Gasteiger charge is 2.50. The van der Waals surface area contributed by atoms with Crippen molar-refractivity contribution < 1.29 is 22.7 Å². The van der Waals surface area contributed by atoms with Crippen LogP contribution in [0.3, 0.4) is 0 Å². The summed E-state index contributed by atoms with van der Waals surface area (Å²) in [4.78, 5) is 13.1. The average molecular weight is 541 g/mol. The molecule has 1 amide bonds. The molecular formula is C20H20IN3O5S. The Bertz CT molecular complexity index is 1190. The quantitative estimate of drug-likeness (QED) is 0.411. The van der Waals surface area contributed by atoms with E-state index in [-0.39, 0.29) is 30.3 Å². The number of hydrogen-bond donors (Lipinski definition) is 3. The van der Waals surface area contributed by atoms with E-state index >= 15 is 0 Å². The summed E-state index contributed by atoms with van der Waals surface area (Å²) in [6.45, 7) is 0.457. The van der Waals surface area contributed by atoms with Crippen LogP contribution in [-0.4, -0.2) is 50.5 Å². The molecule has 1 aliphatic rings. The van der Waals surface area contributed by atoms with E-state index in [1.54, 1.807) is 36.4 Å². The molecular weight excluding hydrogens is 521 g/mol. The van der Waals surface area contributed by atoms with Crippen LogP contribution in [0.4, 0.5) is 0 Å². The van der Waals surface area contributed by atoms with Gasteiger partial charge in [-0.1, -0.05) is 18.2 Å². The minimum absolute atomic E-state index is 0.0109. The van der Waals surface area contributed by atoms with Gasteiger partial charge in [-0.3, -0.25) is 4.79 Å². The first-order valence-corrected chi connectivity index (χ1v) is 11.8. The van der Waals surface area contributed by atoms with Gasteiger partial charge in [0.15, 0.2) is 0 Å². The minimum Gasteiger partial charge on any atom is -0.489 e. The molecule has 1 aliphatic heterocycles. The monoisotopic (exact) mass is 541 g/mol. The van der Waals surface area contributed by atoms with Crippen LogP contribution in [0.15, 0.2) is 53.4 Å². The van der Waals surface area contributed by atoms with Crippen LogP contribution in [0, 0.1) is 3.57 Å². The molecule has 0 radical (unpaired) electrons. The number of morpholine rings is 1. The maximum absolute atomic E-state index is 14.0. The Morgan fingerprint density at radius 1 is 1.23 bits per heavy atom. The average Bonchev–Trinajstić information content (AvgIpc) is 3.13. The summed E-state index contributed by atoms with van der Waals surface area (Å²) >= 11 is 2.09. The van der Waals surface area contributed by atoms with Crippen LogP contribution < -0.4 is 15.8 Å². The number of amides is 1. The number of primary amides is 1. The van der Waals surface area contributed by atoms with Gasteiger partial charge in [-0.25, -0.2) is 8.42 Å². The van der Waals surface area contributed by atoms with Gasteiger partial charge < -0.3 is 25.5 Å². The number of rotatable bonds is 6. The molecule has 30 heavy (non-hydrogen) atoms. The Kier molecular flexibility index (Phi) is 5.75. The Labute approximate surface area is 187 Å². The van der Waals surface area contributed by atoms with E-state index in [0.717, 1.165) is 3.57 Å². The molecule has 0 bridgehead atoms. The zero-order chi connectivity index (χ0) is 21.4. The molecule has 0 aliphatic carbocycles. The van der Waals surface area contributed by atoms with Gasteiger partial charge >= 0.3 is 0 Å². The lowest BCUT2D eigenvalue weighted by atomic mass is 10.2. The third-order valence-electron chi connectivity index (χ3n) is 4.96. The molecule has 0 saturated carbocycles. The Morgan fingerprint density at radius 3 is 2.67 bits per heavy atom. The van der Waals surface area contributed by atoms with Gasteiger partial charge in [0.05, 0.1) is 6.61 Å². The van der Waals surface area contributed by atoms with E-state index in [4.69, 9.17) is 15.2 Å². The molecule has 1 fully saturated rings. The lowest BCUT2D eigenvalue weighted by molar-refractivity contribution is -0.0324. The van der Waals surface area contributed by atoms with Crippen molar-refractivity contribution in [3.8, 4) is 5.75 Å². The Balaban J connectivity index is 1.86. The summed E-state index contributed by atoms with van der Waals surface area (Å²) in [5.74, 6) is -0.340. The van der Waals surface area contributed by atoms with Crippen LogP contribution >= 0.6 is 22.6 Å². The van der Waals surface area contributed by atoms with Crippen molar-refractivity contribution >= 4 is 49.2 Å². The number of ether oxygens (including phenoxy) is 2. The largest absolute Gasteiger partial charge is 0.489 e. The highest BCUT2D eigenvalue weighted by Crippen LogP contribution is 2.36. The Morgan fingerprint density at radius 2 is 2.00 bits per heavy atom. The number of fused-ring (bicyclic) bond motifs is 1. The summed E-state index contributed by atoms with van der Waals surface area (Å²) in [6, 6.07) is 14.1. The first-order chi connectivity index (χ1) is 14.3. The van der Waals surface area contributed by atoms with Gasteiger partial charge in [0.1, 0.15) is 22.9 Å². The second-order valence-electron chi connectivity index (χ2n) is 6.92. The van der Waals surface area contributed by atoms with Crippen molar-refractivity contribution in [3.63, 3.8) is 0 Å². The molecule has 1 aromatic heterocycles. The number of para-hydroxylation sites is 1. The number of nitrogens with two attached hydrogens (primary N) is 1. The third-order valence-corrected chi connectivity index (χ3v) is 7.95. The number of halogens is 1. The lowest BCUT2D eigenvalue weighted by Gasteiger charge is -2.36. The van der Waals surface area contributed by atoms with E-state index in [2.05, 4.69) is 32.9 Å². The molecule has 8 nitrogen and oxygen atoms in total. The fourth-order valence-corrected chi connectivity index (χ4v) is 5.96. The molecule has 158 valence electrons. The fraction of sp³-hybridized carbons (Fsp3) is 0.250. The van der Waals surface area contributed by atoms with Gasteiger partial charge in [-0.2, -0.15) is 0 Å². The van der Waals surface area contributed by atoms with Gasteiger partial charge in [-0.15, -0.1) is 0 Å². The predicted octanol–water partition coefficient (Wildman–Crippen LogP) is 2.04. The molecule has 1 saturated heterocycles.